The highest BCUT2D eigenvalue weighted by Gasteiger charge is 2.59. The van der Waals surface area contributed by atoms with Gasteiger partial charge >= 0.3 is 6.03 Å². The van der Waals surface area contributed by atoms with Crippen LogP contribution in [0.15, 0.2) is 0 Å². The molecule has 116 valence electrons. The van der Waals surface area contributed by atoms with Crippen molar-refractivity contribution in [3.63, 3.8) is 0 Å². The highest BCUT2D eigenvalue weighted by Crippen LogP contribution is 2.51. The first-order valence-electron chi connectivity index (χ1n) is 7.70. The van der Waals surface area contributed by atoms with Crippen LogP contribution in [-0.2, 0) is 4.74 Å². The molecule has 3 unspecified atom stereocenters. The molecule has 1 heterocycles. The molecule has 2 amide bonds. The largest absolute Gasteiger partial charge is 0.377 e. The van der Waals surface area contributed by atoms with Crippen LogP contribution in [0.2, 0.25) is 0 Å². The smallest absolute Gasteiger partial charge is 0.315 e. The van der Waals surface area contributed by atoms with Gasteiger partial charge in [0.25, 0.3) is 0 Å². The first-order valence-corrected chi connectivity index (χ1v) is 7.70. The molecule has 0 aromatic heterocycles. The summed E-state index contributed by atoms with van der Waals surface area (Å²) in [4.78, 5) is 14.2. The zero-order chi connectivity index (χ0) is 14.9. The Labute approximate surface area is 122 Å². The van der Waals surface area contributed by atoms with Gasteiger partial charge in [-0.05, 0) is 27.3 Å². The first-order chi connectivity index (χ1) is 9.34. The topological polar surface area (TPSA) is 53.6 Å². The van der Waals surface area contributed by atoms with Gasteiger partial charge in [0.1, 0.15) is 0 Å². The van der Waals surface area contributed by atoms with Gasteiger partial charge in [-0.1, -0.05) is 13.8 Å². The second-order valence-corrected chi connectivity index (χ2v) is 7.02. The number of ether oxygens (including phenoxy) is 1. The summed E-state index contributed by atoms with van der Waals surface area (Å²) < 4.78 is 5.74. The molecule has 0 radical (unpaired) electrons. The average Bonchev–Trinajstić information content (AvgIpc) is 2.82. The molecule has 2 aliphatic rings. The van der Waals surface area contributed by atoms with Crippen LogP contribution in [0.3, 0.4) is 0 Å². The monoisotopic (exact) mass is 283 g/mol. The molecule has 0 spiro atoms. The normalized spacial score (nSPS) is 31.1. The summed E-state index contributed by atoms with van der Waals surface area (Å²) in [5.74, 6) is 0.495. The maximum Gasteiger partial charge on any atom is 0.315 e. The van der Waals surface area contributed by atoms with E-state index >= 15 is 0 Å². The summed E-state index contributed by atoms with van der Waals surface area (Å²) in [7, 11) is 2.07. The van der Waals surface area contributed by atoms with Crippen molar-refractivity contribution >= 4 is 6.03 Å². The van der Waals surface area contributed by atoms with Gasteiger partial charge in [0.2, 0.25) is 0 Å². The molecular formula is C15H29N3O2. The fraction of sp³-hybridized carbons (Fsp3) is 0.933. The predicted molar refractivity (Wildman–Crippen MR) is 79.7 cm³/mol. The van der Waals surface area contributed by atoms with Crippen molar-refractivity contribution in [2.45, 2.75) is 52.3 Å². The Balaban J connectivity index is 1.72. The Morgan fingerprint density at radius 3 is 2.80 bits per heavy atom. The van der Waals surface area contributed by atoms with Crippen LogP contribution in [0.5, 0.6) is 0 Å². The average molecular weight is 283 g/mol. The Hall–Kier alpha value is -0.810. The van der Waals surface area contributed by atoms with E-state index in [2.05, 4.69) is 50.3 Å². The fourth-order valence-electron chi connectivity index (χ4n) is 3.41. The maximum absolute atomic E-state index is 12.0. The predicted octanol–water partition coefficient (Wildman–Crippen LogP) is 1.44. The van der Waals surface area contributed by atoms with Gasteiger partial charge in [-0.25, -0.2) is 4.79 Å². The third kappa shape index (κ3) is 2.93. The van der Waals surface area contributed by atoms with Crippen molar-refractivity contribution < 1.29 is 9.53 Å². The van der Waals surface area contributed by atoms with E-state index in [0.29, 0.717) is 24.6 Å². The van der Waals surface area contributed by atoms with Gasteiger partial charge in [0.15, 0.2) is 0 Å². The summed E-state index contributed by atoms with van der Waals surface area (Å²) in [6.07, 6.45) is 1.38. The molecule has 5 nitrogen and oxygen atoms in total. The van der Waals surface area contributed by atoms with Gasteiger partial charge in [-0.3, -0.25) is 0 Å². The molecular weight excluding hydrogens is 254 g/mol. The summed E-state index contributed by atoms with van der Waals surface area (Å²) in [6.45, 7) is 11.0. The molecule has 5 heteroatoms. The fourth-order valence-corrected chi connectivity index (χ4v) is 3.41. The van der Waals surface area contributed by atoms with E-state index in [1.54, 1.807) is 0 Å². The molecule has 1 saturated carbocycles. The molecule has 20 heavy (non-hydrogen) atoms. The van der Waals surface area contributed by atoms with Crippen molar-refractivity contribution in [1.82, 2.24) is 15.5 Å². The van der Waals surface area contributed by atoms with Crippen LogP contribution >= 0.6 is 0 Å². The van der Waals surface area contributed by atoms with Crippen molar-refractivity contribution in [2.75, 3.05) is 26.7 Å². The minimum Gasteiger partial charge on any atom is -0.377 e. The highest BCUT2D eigenvalue weighted by atomic mass is 16.5. The lowest BCUT2D eigenvalue weighted by molar-refractivity contribution is -0.108. The Kier molecular flexibility index (Phi) is 4.59. The maximum atomic E-state index is 12.0. The third-order valence-corrected chi connectivity index (χ3v) is 5.02. The molecule has 1 saturated heterocycles. The van der Waals surface area contributed by atoms with E-state index in [4.69, 9.17) is 4.74 Å². The molecule has 2 rings (SSSR count). The van der Waals surface area contributed by atoms with Crippen LogP contribution in [-0.4, -0.2) is 55.9 Å². The SMILES string of the molecule is CC(C)N(C)CCNC(=O)NC1C2CCOC2C1(C)C. The van der Waals surface area contributed by atoms with Gasteiger partial charge in [0.05, 0.1) is 6.10 Å². The summed E-state index contributed by atoms with van der Waals surface area (Å²) in [5.41, 5.74) is 0.0488. The first kappa shape index (κ1) is 15.6. The lowest BCUT2D eigenvalue weighted by Crippen LogP contribution is -2.67. The van der Waals surface area contributed by atoms with Gasteiger partial charge in [-0.15, -0.1) is 0 Å². The number of hydrogen-bond donors (Lipinski definition) is 2. The number of nitrogens with one attached hydrogen (secondary N) is 2. The van der Waals surface area contributed by atoms with Crippen LogP contribution in [0.1, 0.15) is 34.1 Å². The number of rotatable bonds is 5. The van der Waals surface area contributed by atoms with Gasteiger partial charge in [0, 0.05) is 43.1 Å². The Morgan fingerprint density at radius 1 is 1.45 bits per heavy atom. The summed E-state index contributed by atoms with van der Waals surface area (Å²) >= 11 is 0. The molecule has 1 aliphatic carbocycles. The zero-order valence-corrected chi connectivity index (χ0v) is 13.4. The molecule has 3 atom stereocenters. The number of carbonyl (C=O) groups is 1. The van der Waals surface area contributed by atoms with Crippen molar-refractivity contribution in [2.24, 2.45) is 11.3 Å². The lowest BCUT2D eigenvalue weighted by atomic mass is 9.57. The van der Waals surface area contributed by atoms with Gasteiger partial charge in [-0.2, -0.15) is 0 Å². The quantitative estimate of drug-likeness (QED) is 0.803. The van der Waals surface area contributed by atoms with E-state index in [9.17, 15) is 4.79 Å². The van der Waals surface area contributed by atoms with Crippen molar-refractivity contribution in [1.29, 1.82) is 0 Å². The highest BCUT2D eigenvalue weighted by molar-refractivity contribution is 5.74. The second-order valence-electron chi connectivity index (χ2n) is 7.02. The van der Waals surface area contributed by atoms with E-state index in [1.807, 2.05) is 0 Å². The minimum absolute atomic E-state index is 0.0488. The number of urea groups is 1. The minimum atomic E-state index is -0.0504. The number of fused-ring (bicyclic) bond motifs is 1. The lowest BCUT2D eigenvalue weighted by Gasteiger charge is -2.54. The van der Waals surface area contributed by atoms with E-state index in [0.717, 1.165) is 19.6 Å². The zero-order valence-electron chi connectivity index (χ0n) is 13.4. The van der Waals surface area contributed by atoms with E-state index in [-0.39, 0.29) is 17.5 Å². The van der Waals surface area contributed by atoms with E-state index < -0.39 is 0 Å². The molecule has 2 fully saturated rings. The Bertz CT molecular complexity index is 357. The number of nitrogens with zero attached hydrogens (tertiary/aromatic N) is 1. The number of carbonyl (C=O) groups excluding carboxylic acids is 1. The number of amides is 2. The van der Waals surface area contributed by atoms with Gasteiger partial charge < -0.3 is 20.3 Å². The second kappa shape index (κ2) is 5.90. The summed E-state index contributed by atoms with van der Waals surface area (Å²) in [5, 5.41) is 6.09. The molecule has 0 aromatic rings. The molecule has 0 aromatic carbocycles. The third-order valence-electron chi connectivity index (χ3n) is 5.02. The van der Waals surface area contributed by atoms with Crippen LogP contribution in [0.25, 0.3) is 0 Å². The molecule has 2 N–H and O–H groups in total. The Morgan fingerprint density at radius 2 is 2.15 bits per heavy atom. The molecule has 0 bridgehead atoms. The standard InChI is InChI=1S/C15H29N3O2/c1-10(2)18(5)8-7-16-14(19)17-12-11-6-9-20-13(11)15(12,3)4/h10-13H,6-9H2,1-5H3,(H2,16,17,19). The number of likely N-dealkylation sites (N-methyl/N-ethyl adjacent to an activating group) is 1. The number of hydrogen-bond acceptors (Lipinski definition) is 3. The van der Waals surface area contributed by atoms with Crippen molar-refractivity contribution in [3.05, 3.63) is 0 Å². The van der Waals surface area contributed by atoms with E-state index in [1.165, 1.54) is 0 Å². The van der Waals surface area contributed by atoms with Crippen molar-refractivity contribution in [3.8, 4) is 0 Å². The van der Waals surface area contributed by atoms with Crippen LogP contribution in [0.4, 0.5) is 4.79 Å². The molecule has 1 aliphatic heterocycles. The van der Waals surface area contributed by atoms with Crippen LogP contribution < -0.4 is 10.6 Å². The summed E-state index contributed by atoms with van der Waals surface area (Å²) in [6, 6.07) is 0.685. The van der Waals surface area contributed by atoms with Crippen LogP contribution in [0, 0.1) is 11.3 Å².